The van der Waals surface area contributed by atoms with E-state index in [4.69, 9.17) is 22.1 Å². The number of aryl methyl sites for hydroxylation is 1. The van der Waals surface area contributed by atoms with Gasteiger partial charge < -0.3 is 10.5 Å². The van der Waals surface area contributed by atoms with Crippen molar-refractivity contribution in [1.82, 2.24) is 0 Å². The molecule has 2 aromatic carbocycles. The molecule has 0 aliphatic carbocycles. The Hall–Kier alpha value is -2.33. The van der Waals surface area contributed by atoms with Crippen LogP contribution < -0.4 is 10.5 Å². The number of Topliss-reactive ketones (excluding diaryl/α,β-unsaturated/α-hetero) is 1. The number of ether oxygens (including phenoxy) is 1. The van der Waals surface area contributed by atoms with E-state index in [0.717, 1.165) is 36.0 Å². The molecule has 2 aromatic rings. The van der Waals surface area contributed by atoms with E-state index in [1.54, 1.807) is 18.2 Å². The van der Waals surface area contributed by atoms with Crippen LogP contribution in [-0.2, 0) is 6.42 Å². The van der Waals surface area contributed by atoms with E-state index in [-0.39, 0.29) is 11.3 Å². The molecular weight excluding hydrogens is 326 g/mol. The summed E-state index contributed by atoms with van der Waals surface area (Å²) in [7, 11) is 0. The zero-order valence-corrected chi connectivity index (χ0v) is 14.2. The molecule has 4 nitrogen and oxygen atoms in total. The van der Waals surface area contributed by atoms with Crippen molar-refractivity contribution in [2.75, 3.05) is 6.61 Å². The topological polar surface area (TPSA) is 69.4 Å². The molecule has 2 N–H and O–H groups in total. The number of ketones is 1. The Kier molecular flexibility index (Phi) is 4.58. The number of benzene rings is 2. The number of amides is 1. The van der Waals surface area contributed by atoms with Gasteiger partial charge in [0.15, 0.2) is 5.78 Å². The molecule has 0 bridgehead atoms. The molecule has 1 aliphatic heterocycles. The average molecular weight is 344 g/mol. The molecule has 124 valence electrons. The molecule has 0 radical (unpaired) electrons. The van der Waals surface area contributed by atoms with Crippen LogP contribution in [0.1, 0.15) is 46.0 Å². The molecule has 0 unspecified atom stereocenters. The maximum Gasteiger partial charge on any atom is 0.250 e. The quantitative estimate of drug-likeness (QED) is 0.855. The van der Waals surface area contributed by atoms with Gasteiger partial charge in [-0.3, -0.25) is 9.59 Å². The Bertz CT molecular complexity index is 830. The normalized spacial score (nSPS) is 13.6. The van der Waals surface area contributed by atoms with Gasteiger partial charge in [-0.05, 0) is 67.1 Å². The number of carbonyl (C=O) groups excluding carboxylic acids is 2. The number of hydrogen-bond acceptors (Lipinski definition) is 3. The standard InChI is InChI=1S/C19H18ClNO3/c1-11(22)16-9-14(8-13-4-2-3-7-24-18(13)16)12-5-6-15(19(21)23)17(20)10-12/h5-6,8-10H,2-4,7H2,1H3,(H2,21,23). The fourth-order valence-corrected chi connectivity index (χ4v) is 3.23. The van der Waals surface area contributed by atoms with Gasteiger partial charge in [0.25, 0.3) is 0 Å². The van der Waals surface area contributed by atoms with E-state index >= 15 is 0 Å². The van der Waals surface area contributed by atoms with Crippen LogP contribution in [0.4, 0.5) is 0 Å². The smallest absolute Gasteiger partial charge is 0.250 e. The van der Waals surface area contributed by atoms with Crippen LogP contribution in [-0.4, -0.2) is 18.3 Å². The van der Waals surface area contributed by atoms with Gasteiger partial charge in [0.2, 0.25) is 5.91 Å². The first-order valence-electron chi connectivity index (χ1n) is 7.87. The Morgan fingerprint density at radius 3 is 2.54 bits per heavy atom. The van der Waals surface area contributed by atoms with Crippen LogP contribution in [0.25, 0.3) is 11.1 Å². The molecular formula is C19H18ClNO3. The lowest BCUT2D eigenvalue weighted by atomic mass is 9.94. The number of carbonyl (C=O) groups is 2. The van der Waals surface area contributed by atoms with E-state index < -0.39 is 5.91 Å². The maximum atomic E-state index is 12.1. The Balaban J connectivity index is 2.13. The zero-order chi connectivity index (χ0) is 17.3. The van der Waals surface area contributed by atoms with E-state index in [2.05, 4.69) is 0 Å². The summed E-state index contributed by atoms with van der Waals surface area (Å²) >= 11 is 6.15. The summed E-state index contributed by atoms with van der Waals surface area (Å²) in [6.45, 7) is 2.17. The van der Waals surface area contributed by atoms with E-state index in [1.165, 1.54) is 6.92 Å². The maximum absolute atomic E-state index is 12.1. The van der Waals surface area contributed by atoms with Crippen molar-refractivity contribution in [3.05, 3.63) is 52.0 Å². The number of rotatable bonds is 3. The molecule has 5 heteroatoms. The van der Waals surface area contributed by atoms with E-state index in [0.29, 0.717) is 22.9 Å². The van der Waals surface area contributed by atoms with Crippen LogP contribution in [0, 0.1) is 0 Å². The van der Waals surface area contributed by atoms with Crippen molar-refractivity contribution in [3.8, 4) is 16.9 Å². The number of primary amides is 1. The summed E-state index contributed by atoms with van der Waals surface area (Å²) in [6, 6.07) is 8.94. The van der Waals surface area contributed by atoms with Crippen molar-refractivity contribution >= 4 is 23.3 Å². The van der Waals surface area contributed by atoms with Crippen LogP contribution in [0.2, 0.25) is 5.02 Å². The van der Waals surface area contributed by atoms with Crippen LogP contribution >= 0.6 is 11.6 Å². The molecule has 3 rings (SSSR count). The van der Waals surface area contributed by atoms with Crippen LogP contribution in [0.5, 0.6) is 5.75 Å². The van der Waals surface area contributed by atoms with Crippen molar-refractivity contribution in [2.45, 2.75) is 26.2 Å². The molecule has 0 fully saturated rings. The van der Waals surface area contributed by atoms with Crippen molar-refractivity contribution < 1.29 is 14.3 Å². The monoisotopic (exact) mass is 343 g/mol. The Labute approximate surface area is 145 Å². The largest absolute Gasteiger partial charge is 0.493 e. The van der Waals surface area contributed by atoms with Crippen molar-refractivity contribution in [2.24, 2.45) is 5.73 Å². The van der Waals surface area contributed by atoms with Crippen LogP contribution in [0.15, 0.2) is 30.3 Å². The first kappa shape index (κ1) is 16.5. The minimum atomic E-state index is -0.564. The highest BCUT2D eigenvalue weighted by molar-refractivity contribution is 6.34. The highest BCUT2D eigenvalue weighted by Gasteiger charge is 2.19. The SMILES string of the molecule is CC(=O)c1cc(-c2ccc(C(N)=O)c(Cl)c2)cc2c1OCCCC2. The molecule has 0 spiro atoms. The lowest BCUT2D eigenvalue weighted by Crippen LogP contribution is -2.11. The predicted octanol–water partition coefficient (Wildman–Crippen LogP) is 4.02. The Morgan fingerprint density at radius 2 is 1.88 bits per heavy atom. The van der Waals surface area contributed by atoms with Gasteiger partial charge in [0, 0.05) is 0 Å². The van der Waals surface area contributed by atoms with Gasteiger partial charge in [0.05, 0.1) is 22.8 Å². The molecule has 1 amide bonds. The third-order valence-corrected chi connectivity index (χ3v) is 4.51. The summed E-state index contributed by atoms with van der Waals surface area (Å²) in [5.41, 5.74) is 8.90. The molecule has 24 heavy (non-hydrogen) atoms. The first-order valence-corrected chi connectivity index (χ1v) is 8.25. The molecule has 1 aliphatic rings. The minimum Gasteiger partial charge on any atom is -0.493 e. The summed E-state index contributed by atoms with van der Waals surface area (Å²) in [5, 5.41) is 0.301. The second kappa shape index (κ2) is 6.65. The second-order valence-electron chi connectivity index (χ2n) is 5.93. The fraction of sp³-hybridized carbons (Fsp3) is 0.263. The molecule has 0 saturated heterocycles. The van der Waals surface area contributed by atoms with Gasteiger partial charge in [-0.15, -0.1) is 0 Å². The predicted molar refractivity (Wildman–Crippen MR) is 93.8 cm³/mol. The van der Waals surface area contributed by atoms with Gasteiger partial charge >= 0.3 is 0 Å². The lowest BCUT2D eigenvalue weighted by molar-refractivity contribution is 0.0995. The molecule has 0 atom stereocenters. The number of halogens is 1. The third kappa shape index (κ3) is 3.15. The van der Waals surface area contributed by atoms with Gasteiger partial charge in [-0.1, -0.05) is 17.7 Å². The lowest BCUT2D eigenvalue weighted by Gasteiger charge is -2.14. The molecule has 0 saturated carbocycles. The van der Waals surface area contributed by atoms with E-state index in [1.807, 2.05) is 12.1 Å². The highest BCUT2D eigenvalue weighted by atomic mass is 35.5. The van der Waals surface area contributed by atoms with Crippen LogP contribution in [0.3, 0.4) is 0 Å². The summed E-state index contributed by atoms with van der Waals surface area (Å²) < 4.78 is 5.80. The summed E-state index contributed by atoms with van der Waals surface area (Å²) in [6.07, 6.45) is 2.87. The third-order valence-electron chi connectivity index (χ3n) is 4.20. The zero-order valence-electron chi connectivity index (χ0n) is 13.4. The van der Waals surface area contributed by atoms with E-state index in [9.17, 15) is 9.59 Å². The van der Waals surface area contributed by atoms with Crippen molar-refractivity contribution in [1.29, 1.82) is 0 Å². The van der Waals surface area contributed by atoms with Gasteiger partial charge in [-0.25, -0.2) is 0 Å². The Morgan fingerprint density at radius 1 is 1.08 bits per heavy atom. The minimum absolute atomic E-state index is 0.0325. The number of hydrogen-bond donors (Lipinski definition) is 1. The highest BCUT2D eigenvalue weighted by Crippen LogP contribution is 2.35. The molecule has 1 heterocycles. The fourth-order valence-electron chi connectivity index (χ4n) is 2.96. The van der Waals surface area contributed by atoms with Gasteiger partial charge in [0.1, 0.15) is 5.75 Å². The summed E-state index contributed by atoms with van der Waals surface area (Å²) in [5.74, 6) is 0.102. The first-order chi connectivity index (χ1) is 11.5. The average Bonchev–Trinajstić information content (AvgIpc) is 2.78. The second-order valence-corrected chi connectivity index (χ2v) is 6.34. The molecule has 0 aromatic heterocycles. The number of fused-ring (bicyclic) bond motifs is 1. The van der Waals surface area contributed by atoms with Crippen molar-refractivity contribution in [3.63, 3.8) is 0 Å². The van der Waals surface area contributed by atoms with Gasteiger partial charge in [-0.2, -0.15) is 0 Å². The number of nitrogens with two attached hydrogens (primary N) is 1. The summed E-state index contributed by atoms with van der Waals surface area (Å²) in [4.78, 5) is 23.4.